The van der Waals surface area contributed by atoms with Gasteiger partial charge in [0.1, 0.15) is 41.5 Å². The topological polar surface area (TPSA) is 109 Å². The van der Waals surface area contributed by atoms with Crippen molar-refractivity contribution in [2.24, 2.45) is 17.8 Å². The van der Waals surface area contributed by atoms with E-state index in [2.05, 4.69) is 34.6 Å². The van der Waals surface area contributed by atoms with Crippen molar-refractivity contribution in [1.82, 2.24) is 0 Å². The molecule has 3 rings (SSSR count). The van der Waals surface area contributed by atoms with Crippen LogP contribution in [0.3, 0.4) is 0 Å². The molecule has 2 heterocycles. The summed E-state index contributed by atoms with van der Waals surface area (Å²) in [6.45, 7) is 11.1. The van der Waals surface area contributed by atoms with Crippen molar-refractivity contribution < 1.29 is 34.6 Å². The van der Waals surface area contributed by atoms with E-state index in [4.69, 9.17) is 14.2 Å². The van der Waals surface area contributed by atoms with Gasteiger partial charge in [0, 0.05) is 0 Å². The third kappa shape index (κ3) is 9.60. The Kier molecular flexibility index (Phi) is 12.4. The van der Waals surface area contributed by atoms with Crippen LogP contribution in [0.5, 0.6) is 11.5 Å². The number of ether oxygens (including phenoxy) is 3. The number of aliphatic hydroxyl groups excluding tert-OH is 4. The summed E-state index contributed by atoms with van der Waals surface area (Å²) < 4.78 is 17.7. The largest absolute Gasteiger partial charge is 0.487 e. The Bertz CT molecular complexity index is 859. The minimum Gasteiger partial charge on any atom is -0.487 e. The maximum Gasteiger partial charge on any atom is 0.229 e. The first-order valence-corrected chi connectivity index (χ1v) is 15.3. The van der Waals surface area contributed by atoms with Crippen LogP contribution in [-0.2, 0) is 11.2 Å². The Morgan fingerprint density at radius 3 is 2.18 bits per heavy atom. The Morgan fingerprint density at radius 2 is 1.54 bits per heavy atom. The fourth-order valence-electron chi connectivity index (χ4n) is 5.92. The molecule has 2 aliphatic heterocycles. The quantitative estimate of drug-likeness (QED) is 0.232. The van der Waals surface area contributed by atoms with E-state index in [1.54, 1.807) is 6.07 Å². The first-order valence-electron chi connectivity index (χ1n) is 15.3. The number of aliphatic hydroxyl groups is 4. The molecule has 2 aliphatic rings. The molecular formula is C32H54O7. The molecule has 1 saturated heterocycles. The summed E-state index contributed by atoms with van der Waals surface area (Å²) in [6, 6.07) is 5.53. The van der Waals surface area contributed by atoms with Crippen molar-refractivity contribution in [2.45, 2.75) is 142 Å². The van der Waals surface area contributed by atoms with Gasteiger partial charge in [-0.3, -0.25) is 0 Å². The summed E-state index contributed by atoms with van der Waals surface area (Å²) in [6.07, 6.45) is 6.80. The van der Waals surface area contributed by atoms with E-state index in [1.165, 1.54) is 44.9 Å². The van der Waals surface area contributed by atoms with Gasteiger partial charge in [-0.1, -0.05) is 72.6 Å². The first kappa shape index (κ1) is 32.1. The van der Waals surface area contributed by atoms with E-state index in [9.17, 15) is 20.4 Å². The number of aryl methyl sites for hydroxylation is 1. The first-order chi connectivity index (χ1) is 18.5. The molecule has 1 aromatic carbocycles. The number of fused-ring (bicyclic) bond motifs is 1. The zero-order chi connectivity index (χ0) is 28.6. The zero-order valence-electron chi connectivity index (χ0n) is 24.8. The van der Waals surface area contributed by atoms with E-state index in [-0.39, 0.29) is 5.60 Å². The minimum atomic E-state index is -1.46. The fraction of sp³-hybridized carbons (Fsp3) is 0.812. The van der Waals surface area contributed by atoms with Crippen LogP contribution >= 0.6 is 0 Å². The molecule has 0 aromatic heterocycles. The van der Waals surface area contributed by atoms with Crippen LogP contribution < -0.4 is 9.47 Å². The van der Waals surface area contributed by atoms with Gasteiger partial charge in [-0.05, 0) is 74.1 Å². The molecule has 0 aliphatic carbocycles. The number of rotatable bonds is 15. The number of hydrogen-bond donors (Lipinski definition) is 4. The fourth-order valence-corrected chi connectivity index (χ4v) is 5.92. The van der Waals surface area contributed by atoms with E-state index in [0.717, 1.165) is 54.7 Å². The molecule has 0 spiro atoms. The van der Waals surface area contributed by atoms with E-state index >= 15 is 0 Å². The summed E-state index contributed by atoms with van der Waals surface area (Å²) in [5.41, 5.74) is 0.850. The van der Waals surface area contributed by atoms with Crippen molar-refractivity contribution in [2.75, 3.05) is 6.61 Å². The molecule has 1 aromatic rings. The smallest absolute Gasteiger partial charge is 0.229 e. The van der Waals surface area contributed by atoms with Gasteiger partial charge in [0.15, 0.2) is 0 Å². The maximum absolute atomic E-state index is 10.3. The molecule has 1 fully saturated rings. The summed E-state index contributed by atoms with van der Waals surface area (Å²) in [7, 11) is 0. The minimum absolute atomic E-state index is 0.183. The lowest BCUT2D eigenvalue weighted by Gasteiger charge is -2.40. The predicted octanol–water partition coefficient (Wildman–Crippen LogP) is 5.39. The Morgan fingerprint density at radius 1 is 0.897 bits per heavy atom. The molecule has 7 nitrogen and oxygen atoms in total. The Balaban J connectivity index is 1.41. The van der Waals surface area contributed by atoms with Crippen LogP contribution in [0.15, 0.2) is 18.2 Å². The van der Waals surface area contributed by atoms with E-state index in [1.807, 2.05) is 12.1 Å². The average Bonchev–Trinajstić information content (AvgIpc) is 2.89. The third-order valence-electron chi connectivity index (χ3n) is 8.69. The second-order valence-corrected chi connectivity index (χ2v) is 13.0. The van der Waals surface area contributed by atoms with Gasteiger partial charge in [0.2, 0.25) is 6.29 Å². The number of hydrogen-bond acceptors (Lipinski definition) is 7. The van der Waals surface area contributed by atoms with Crippen LogP contribution in [0.2, 0.25) is 0 Å². The van der Waals surface area contributed by atoms with Gasteiger partial charge in [-0.25, -0.2) is 0 Å². The van der Waals surface area contributed by atoms with Crippen LogP contribution in [0.4, 0.5) is 0 Å². The Labute approximate surface area is 235 Å². The van der Waals surface area contributed by atoms with Crippen molar-refractivity contribution in [3.63, 3.8) is 0 Å². The zero-order valence-corrected chi connectivity index (χ0v) is 24.8. The molecule has 0 radical (unpaired) electrons. The van der Waals surface area contributed by atoms with Crippen molar-refractivity contribution in [1.29, 1.82) is 0 Å². The molecule has 0 saturated carbocycles. The predicted molar refractivity (Wildman–Crippen MR) is 153 cm³/mol. The summed E-state index contributed by atoms with van der Waals surface area (Å²) in [5.74, 6) is 3.73. The maximum atomic E-state index is 10.3. The second kappa shape index (κ2) is 15.0. The lowest BCUT2D eigenvalue weighted by molar-refractivity contribution is -0.277. The van der Waals surface area contributed by atoms with Crippen molar-refractivity contribution >= 4 is 0 Å². The SMILES string of the molecule is CC(C)CCC[C@@H](C)CCC[C@@H](C)CCCC1(C)CCc2cc(O[C@@H]3O[C@H](CO)[C@@H](O)[C@H](O)[C@H]3O)ccc2O1. The summed E-state index contributed by atoms with van der Waals surface area (Å²) >= 11 is 0. The number of benzene rings is 1. The van der Waals surface area contributed by atoms with Gasteiger partial charge in [0.05, 0.1) is 6.61 Å². The molecule has 7 heteroatoms. The second-order valence-electron chi connectivity index (χ2n) is 13.0. The molecule has 39 heavy (non-hydrogen) atoms. The third-order valence-corrected chi connectivity index (χ3v) is 8.69. The molecule has 224 valence electrons. The van der Waals surface area contributed by atoms with Crippen molar-refractivity contribution in [3.8, 4) is 11.5 Å². The average molecular weight is 551 g/mol. The highest BCUT2D eigenvalue weighted by Gasteiger charge is 2.44. The van der Waals surface area contributed by atoms with Crippen molar-refractivity contribution in [3.05, 3.63) is 23.8 Å². The van der Waals surface area contributed by atoms with Gasteiger partial charge in [-0.15, -0.1) is 0 Å². The summed E-state index contributed by atoms with van der Waals surface area (Å²) in [4.78, 5) is 0. The molecule has 4 N–H and O–H groups in total. The van der Waals surface area contributed by atoms with Gasteiger partial charge in [-0.2, -0.15) is 0 Å². The van der Waals surface area contributed by atoms with E-state index < -0.39 is 37.3 Å². The van der Waals surface area contributed by atoms with Gasteiger partial charge in [0.25, 0.3) is 0 Å². The monoisotopic (exact) mass is 550 g/mol. The highest BCUT2D eigenvalue weighted by Crippen LogP contribution is 2.38. The van der Waals surface area contributed by atoms with Gasteiger partial charge >= 0.3 is 0 Å². The Hall–Kier alpha value is -1.38. The van der Waals surface area contributed by atoms with E-state index in [0.29, 0.717) is 5.75 Å². The molecule has 1 unspecified atom stereocenters. The molecular weight excluding hydrogens is 496 g/mol. The van der Waals surface area contributed by atoms with Crippen LogP contribution in [0.1, 0.15) is 104 Å². The molecule has 8 atom stereocenters. The van der Waals surface area contributed by atoms with Crippen LogP contribution in [-0.4, -0.2) is 63.3 Å². The molecule has 0 bridgehead atoms. The highest BCUT2D eigenvalue weighted by molar-refractivity contribution is 5.42. The standard InChI is InChI=1S/C32H54O7/c1-21(2)9-6-10-22(3)11-7-12-23(4)13-8-17-32(5)18-16-24-19-25(14-15-26(24)39-32)37-31-30(36)29(35)28(34)27(20-33)38-31/h14-15,19,21-23,27-31,33-36H,6-13,16-18,20H2,1-5H3/t22-,23-,27-,28-,29+,30-,31-,32?/m1/s1. The van der Waals surface area contributed by atoms with Crippen LogP contribution in [0, 0.1) is 17.8 Å². The highest BCUT2D eigenvalue weighted by atomic mass is 16.7. The summed E-state index contributed by atoms with van der Waals surface area (Å²) in [5, 5.41) is 39.6. The lowest BCUT2D eigenvalue weighted by atomic mass is 9.86. The van der Waals surface area contributed by atoms with Crippen LogP contribution in [0.25, 0.3) is 0 Å². The molecule has 0 amide bonds. The lowest BCUT2D eigenvalue weighted by Crippen LogP contribution is -2.60. The normalized spacial score (nSPS) is 30.5. The van der Waals surface area contributed by atoms with Gasteiger partial charge < -0.3 is 34.6 Å².